The first-order chi connectivity index (χ1) is 5.70. The molecule has 0 aromatic rings. The average Bonchev–Trinajstić information content (AvgIpc) is 2.08. The molecule has 0 aromatic carbocycles. The molecular formula is C12H26O. The number of ether oxygens (including phenoxy) is 1. The van der Waals surface area contributed by atoms with Crippen molar-refractivity contribution >= 4 is 0 Å². The normalized spacial score (nSPS) is 26.0. The Balaban J connectivity index is 0. The standard InChI is InChI=1S/C9H16O.C2H6.CH4/c1-7(2)9-6-4-5-8(3)10-9;1-2;/h4-5,7-9H,6H2,1-3H3;1-2H3;1H4/t8-,9+;;/m1../s1. The van der Waals surface area contributed by atoms with Crippen molar-refractivity contribution in [2.24, 2.45) is 5.92 Å². The van der Waals surface area contributed by atoms with Gasteiger partial charge in [0, 0.05) is 0 Å². The van der Waals surface area contributed by atoms with Crippen molar-refractivity contribution < 1.29 is 4.74 Å². The maximum absolute atomic E-state index is 5.66. The Kier molecular flexibility index (Phi) is 9.70. The zero-order chi connectivity index (χ0) is 9.56. The first-order valence-electron chi connectivity index (χ1n) is 5.02. The quantitative estimate of drug-likeness (QED) is 0.562. The molecule has 13 heavy (non-hydrogen) atoms. The van der Waals surface area contributed by atoms with E-state index < -0.39 is 0 Å². The predicted molar refractivity (Wildman–Crippen MR) is 61.0 cm³/mol. The van der Waals surface area contributed by atoms with Crippen LogP contribution in [0.25, 0.3) is 0 Å². The molecule has 1 rings (SSSR count). The highest BCUT2D eigenvalue weighted by atomic mass is 16.5. The first kappa shape index (κ1) is 15.2. The van der Waals surface area contributed by atoms with Gasteiger partial charge in [-0.1, -0.05) is 47.3 Å². The van der Waals surface area contributed by atoms with Crippen LogP contribution in [0.1, 0.15) is 48.5 Å². The van der Waals surface area contributed by atoms with Gasteiger partial charge in [0.1, 0.15) is 0 Å². The Labute approximate surface area is 84.2 Å². The average molecular weight is 186 g/mol. The van der Waals surface area contributed by atoms with E-state index in [1.807, 2.05) is 13.8 Å². The summed E-state index contributed by atoms with van der Waals surface area (Å²) < 4.78 is 5.66. The molecular weight excluding hydrogens is 160 g/mol. The summed E-state index contributed by atoms with van der Waals surface area (Å²) >= 11 is 0. The third-order valence-electron chi connectivity index (χ3n) is 1.91. The fourth-order valence-corrected chi connectivity index (χ4v) is 1.21. The van der Waals surface area contributed by atoms with Crippen molar-refractivity contribution in [3.63, 3.8) is 0 Å². The minimum Gasteiger partial charge on any atom is -0.371 e. The summed E-state index contributed by atoms with van der Waals surface area (Å²) in [5.41, 5.74) is 0. The molecule has 0 saturated carbocycles. The Morgan fingerprint density at radius 3 is 2.15 bits per heavy atom. The van der Waals surface area contributed by atoms with Crippen LogP contribution < -0.4 is 0 Å². The van der Waals surface area contributed by atoms with E-state index in [-0.39, 0.29) is 7.43 Å². The maximum Gasteiger partial charge on any atom is 0.0731 e. The van der Waals surface area contributed by atoms with Crippen molar-refractivity contribution in [3.05, 3.63) is 12.2 Å². The van der Waals surface area contributed by atoms with E-state index in [9.17, 15) is 0 Å². The largest absolute Gasteiger partial charge is 0.371 e. The smallest absolute Gasteiger partial charge is 0.0731 e. The molecule has 1 aliphatic rings. The molecule has 0 spiro atoms. The highest BCUT2D eigenvalue weighted by molar-refractivity contribution is 4.94. The van der Waals surface area contributed by atoms with Crippen molar-refractivity contribution in [2.45, 2.75) is 60.7 Å². The van der Waals surface area contributed by atoms with Crippen molar-refractivity contribution in [1.29, 1.82) is 0 Å². The summed E-state index contributed by atoms with van der Waals surface area (Å²) in [5.74, 6) is 0.646. The van der Waals surface area contributed by atoms with E-state index in [0.717, 1.165) is 6.42 Å². The van der Waals surface area contributed by atoms with Crippen LogP contribution in [0.3, 0.4) is 0 Å². The predicted octanol–water partition coefficient (Wildman–Crippen LogP) is 4.04. The van der Waals surface area contributed by atoms with Crippen LogP contribution in [0.2, 0.25) is 0 Å². The van der Waals surface area contributed by atoms with Gasteiger partial charge >= 0.3 is 0 Å². The second-order valence-electron chi connectivity index (χ2n) is 3.29. The van der Waals surface area contributed by atoms with Gasteiger partial charge in [-0.2, -0.15) is 0 Å². The van der Waals surface area contributed by atoms with E-state index in [2.05, 4.69) is 32.9 Å². The molecule has 0 N–H and O–H groups in total. The Morgan fingerprint density at radius 1 is 1.31 bits per heavy atom. The van der Waals surface area contributed by atoms with Gasteiger partial charge < -0.3 is 4.74 Å². The minimum absolute atomic E-state index is 0. The molecule has 0 bridgehead atoms. The second-order valence-corrected chi connectivity index (χ2v) is 3.29. The molecule has 0 aromatic heterocycles. The number of hydrogen-bond acceptors (Lipinski definition) is 1. The van der Waals surface area contributed by atoms with Crippen LogP contribution in [0, 0.1) is 5.92 Å². The SMILES string of the molecule is C.CC.CC(C)[C@@H]1CC=C[C@@H](C)O1. The van der Waals surface area contributed by atoms with Gasteiger partial charge in [0.2, 0.25) is 0 Å². The third kappa shape index (κ3) is 5.87. The fraction of sp³-hybridized carbons (Fsp3) is 0.833. The summed E-state index contributed by atoms with van der Waals surface area (Å²) in [5, 5.41) is 0. The molecule has 0 saturated heterocycles. The highest BCUT2D eigenvalue weighted by Crippen LogP contribution is 2.18. The minimum atomic E-state index is 0. The summed E-state index contributed by atoms with van der Waals surface area (Å²) in [6.45, 7) is 10.5. The zero-order valence-electron chi connectivity index (χ0n) is 9.00. The molecule has 0 radical (unpaired) electrons. The van der Waals surface area contributed by atoms with E-state index in [4.69, 9.17) is 4.74 Å². The third-order valence-corrected chi connectivity index (χ3v) is 1.91. The zero-order valence-corrected chi connectivity index (χ0v) is 9.00. The monoisotopic (exact) mass is 186 g/mol. The molecule has 0 aliphatic carbocycles. The summed E-state index contributed by atoms with van der Waals surface area (Å²) in [4.78, 5) is 0. The molecule has 80 valence electrons. The molecule has 0 unspecified atom stereocenters. The van der Waals surface area contributed by atoms with E-state index in [0.29, 0.717) is 18.1 Å². The van der Waals surface area contributed by atoms with Gasteiger partial charge in [-0.15, -0.1) is 0 Å². The lowest BCUT2D eigenvalue weighted by molar-refractivity contribution is -0.0110. The molecule has 0 fully saturated rings. The highest BCUT2D eigenvalue weighted by Gasteiger charge is 2.17. The number of hydrogen-bond donors (Lipinski definition) is 0. The topological polar surface area (TPSA) is 9.23 Å². The van der Waals surface area contributed by atoms with Crippen LogP contribution in [0.15, 0.2) is 12.2 Å². The lowest BCUT2D eigenvalue weighted by Crippen LogP contribution is -2.26. The lowest BCUT2D eigenvalue weighted by Gasteiger charge is -2.26. The van der Waals surface area contributed by atoms with Gasteiger partial charge in [-0.25, -0.2) is 0 Å². The van der Waals surface area contributed by atoms with Crippen LogP contribution in [0.5, 0.6) is 0 Å². The van der Waals surface area contributed by atoms with Crippen LogP contribution in [-0.2, 0) is 4.74 Å². The Bertz CT molecular complexity index is 127. The van der Waals surface area contributed by atoms with Gasteiger partial charge in [0.05, 0.1) is 12.2 Å². The molecule has 0 amide bonds. The van der Waals surface area contributed by atoms with Crippen molar-refractivity contribution in [1.82, 2.24) is 0 Å². The van der Waals surface area contributed by atoms with Gasteiger partial charge in [0.15, 0.2) is 0 Å². The molecule has 1 heteroatoms. The molecule has 1 heterocycles. The van der Waals surface area contributed by atoms with Crippen LogP contribution >= 0.6 is 0 Å². The lowest BCUT2D eigenvalue weighted by atomic mass is 10.0. The molecule has 1 nitrogen and oxygen atoms in total. The summed E-state index contributed by atoms with van der Waals surface area (Å²) in [6.07, 6.45) is 6.20. The van der Waals surface area contributed by atoms with E-state index >= 15 is 0 Å². The number of rotatable bonds is 1. The Morgan fingerprint density at radius 2 is 1.85 bits per heavy atom. The summed E-state index contributed by atoms with van der Waals surface area (Å²) in [6, 6.07) is 0. The molecule has 1 aliphatic heterocycles. The second kappa shape index (κ2) is 8.31. The van der Waals surface area contributed by atoms with Crippen LogP contribution in [0.4, 0.5) is 0 Å². The maximum atomic E-state index is 5.66. The van der Waals surface area contributed by atoms with Crippen molar-refractivity contribution in [2.75, 3.05) is 0 Å². The first-order valence-corrected chi connectivity index (χ1v) is 5.02. The van der Waals surface area contributed by atoms with E-state index in [1.165, 1.54) is 0 Å². The Hall–Kier alpha value is -0.300. The van der Waals surface area contributed by atoms with Crippen LogP contribution in [-0.4, -0.2) is 12.2 Å². The van der Waals surface area contributed by atoms with Gasteiger partial charge in [-0.05, 0) is 19.3 Å². The van der Waals surface area contributed by atoms with Gasteiger partial charge in [0.25, 0.3) is 0 Å². The van der Waals surface area contributed by atoms with Gasteiger partial charge in [-0.3, -0.25) is 0 Å². The fourth-order valence-electron chi connectivity index (χ4n) is 1.21. The molecule has 2 atom stereocenters. The van der Waals surface area contributed by atoms with Crippen molar-refractivity contribution in [3.8, 4) is 0 Å². The summed E-state index contributed by atoms with van der Waals surface area (Å²) in [7, 11) is 0. The van der Waals surface area contributed by atoms with E-state index in [1.54, 1.807) is 0 Å².